The molecule has 6 rings (SSSR count). The molecule has 0 spiro atoms. The van der Waals surface area contributed by atoms with Crippen molar-refractivity contribution in [3.05, 3.63) is 112 Å². The van der Waals surface area contributed by atoms with Crippen molar-refractivity contribution in [3.8, 4) is 11.5 Å². The minimum absolute atomic E-state index is 0.0418. The average Bonchev–Trinajstić information content (AvgIpc) is 3.42. The van der Waals surface area contributed by atoms with Gasteiger partial charge in [0.25, 0.3) is 5.91 Å². The maximum atomic E-state index is 12.5. The highest BCUT2D eigenvalue weighted by Gasteiger charge is 2.40. The van der Waals surface area contributed by atoms with Crippen molar-refractivity contribution in [3.63, 3.8) is 0 Å². The van der Waals surface area contributed by atoms with Crippen LogP contribution in [0.3, 0.4) is 0 Å². The first kappa shape index (κ1) is 30.1. The smallest absolute Gasteiger partial charge is 0.259 e. The Balaban J connectivity index is 0.967. The molecule has 2 aliphatic rings. The van der Waals surface area contributed by atoms with Gasteiger partial charge in [-0.15, -0.1) is 0 Å². The second kappa shape index (κ2) is 13.0. The van der Waals surface area contributed by atoms with Crippen LogP contribution in [0.1, 0.15) is 22.8 Å². The van der Waals surface area contributed by atoms with E-state index in [9.17, 15) is 9.90 Å². The average molecular weight is 635 g/mol. The van der Waals surface area contributed by atoms with Crippen molar-refractivity contribution in [2.45, 2.75) is 18.8 Å². The molecule has 2 saturated heterocycles. The van der Waals surface area contributed by atoms with Gasteiger partial charge in [0.1, 0.15) is 24.2 Å². The van der Waals surface area contributed by atoms with E-state index in [1.54, 1.807) is 30.3 Å². The number of phenolic OH excluding ortho intramolecular Hbond substituents is 1. The predicted molar refractivity (Wildman–Crippen MR) is 174 cm³/mol. The second-order valence-electron chi connectivity index (χ2n) is 10.9. The minimum atomic E-state index is -0.951. The molecule has 0 bridgehead atoms. The SMILES string of the molecule is C[C@]1(c2ccc(Cl)cc2Cl)OC[C@@H](COc2ccc(N3CCN(c4ccc(NC(=O)c5ccccc5O)cc4)CC3)cc2)O1. The van der Waals surface area contributed by atoms with E-state index in [-0.39, 0.29) is 23.3 Å². The Hall–Kier alpha value is -3.95. The van der Waals surface area contributed by atoms with Gasteiger partial charge in [0.05, 0.1) is 17.2 Å². The lowest BCUT2D eigenvalue weighted by molar-refractivity contribution is -0.164. The molecule has 2 aliphatic heterocycles. The van der Waals surface area contributed by atoms with Gasteiger partial charge in [-0.05, 0) is 79.7 Å². The summed E-state index contributed by atoms with van der Waals surface area (Å²) in [5.74, 6) is -0.569. The summed E-state index contributed by atoms with van der Waals surface area (Å²) in [6.45, 7) is 6.11. The fraction of sp³-hybridized carbons (Fsp3) is 0.265. The van der Waals surface area contributed by atoms with Crippen LogP contribution in [0.25, 0.3) is 0 Å². The Bertz CT molecular complexity index is 1610. The van der Waals surface area contributed by atoms with Gasteiger partial charge in [0, 0.05) is 53.8 Å². The minimum Gasteiger partial charge on any atom is -0.507 e. The standard InChI is InChI=1S/C34H33Cl2N3O5/c1-34(30-15-6-23(35)20-31(30)36)43-22-28(44-34)21-42-27-13-11-26(12-14-27)39-18-16-38(17-19-39)25-9-7-24(8-10-25)37-33(41)29-4-2-3-5-32(29)40/h2-15,20,28,40H,16-19,21-22H2,1H3,(H,37,41)/t28-,34+/m1/s1. The Labute approximate surface area is 266 Å². The van der Waals surface area contributed by atoms with Gasteiger partial charge in [-0.3, -0.25) is 4.79 Å². The lowest BCUT2D eigenvalue weighted by Crippen LogP contribution is -2.46. The van der Waals surface area contributed by atoms with E-state index in [2.05, 4.69) is 27.2 Å². The van der Waals surface area contributed by atoms with Crippen LogP contribution >= 0.6 is 23.2 Å². The fourth-order valence-corrected chi connectivity index (χ4v) is 6.08. The van der Waals surface area contributed by atoms with E-state index in [1.807, 2.05) is 49.4 Å². The molecule has 1 amide bonds. The summed E-state index contributed by atoms with van der Waals surface area (Å²) in [7, 11) is 0. The van der Waals surface area contributed by atoms with Crippen molar-refractivity contribution < 1.29 is 24.1 Å². The molecule has 4 aromatic rings. The lowest BCUT2D eigenvalue weighted by Gasteiger charge is -2.37. The van der Waals surface area contributed by atoms with E-state index >= 15 is 0 Å². The second-order valence-corrected chi connectivity index (χ2v) is 11.8. The summed E-state index contributed by atoms with van der Waals surface area (Å²) in [6.07, 6.45) is -0.234. The molecule has 10 heteroatoms. The number of nitrogens with one attached hydrogen (secondary N) is 1. The van der Waals surface area contributed by atoms with Crippen LogP contribution in [0, 0.1) is 0 Å². The summed E-state index contributed by atoms with van der Waals surface area (Å²) in [6, 6.07) is 27.7. The first-order valence-electron chi connectivity index (χ1n) is 14.5. The number of carbonyl (C=O) groups excluding carboxylic acids is 1. The number of nitrogens with zero attached hydrogens (tertiary/aromatic N) is 2. The third-order valence-corrected chi connectivity index (χ3v) is 8.46. The van der Waals surface area contributed by atoms with Crippen molar-refractivity contribution in [1.82, 2.24) is 0 Å². The van der Waals surface area contributed by atoms with Crippen LogP contribution in [0.4, 0.5) is 17.1 Å². The molecule has 0 radical (unpaired) electrons. The summed E-state index contributed by atoms with van der Waals surface area (Å²) >= 11 is 12.4. The Morgan fingerprint density at radius 1 is 0.932 bits per heavy atom. The fourth-order valence-electron chi connectivity index (χ4n) is 5.50. The number of halogens is 2. The molecule has 228 valence electrons. The normalized spacial score (nSPS) is 20.0. The Kier molecular flexibility index (Phi) is 8.86. The molecule has 0 aliphatic carbocycles. The van der Waals surface area contributed by atoms with Gasteiger partial charge < -0.3 is 34.4 Å². The summed E-state index contributed by atoms with van der Waals surface area (Å²) in [5.41, 5.74) is 3.90. The number of piperazine rings is 1. The first-order chi connectivity index (χ1) is 21.3. The highest BCUT2D eigenvalue weighted by Crippen LogP contribution is 2.39. The molecule has 44 heavy (non-hydrogen) atoms. The van der Waals surface area contributed by atoms with Crippen LogP contribution in [-0.4, -0.2) is 56.5 Å². The molecule has 0 aromatic heterocycles. The van der Waals surface area contributed by atoms with Gasteiger partial charge in [-0.1, -0.05) is 41.4 Å². The molecule has 2 fully saturated rings. The van der Waals surface area contributed by atoms with Crippen molar-refractivity contribution >= 4 is 46.2 Å². The third kappa shape index (κ3) is 6.74. The Morgan fingerprint density at radius 3 is 2.20 bits per heavy atom. The highest BCUT2D eigenvalue weighted by molar-refractivity contribution is 6.35. The monoisotopic (exact) mass is 633 g/mol. The number of aromatic hydroxyl groups is 1. The number of phenols is 1. The Morgan fingerprint density at radius 2 is 1.57 bits per heavy atom. The third-order valence-electron chi connectivity index (χ3n) is 7.91. The van der Waals surface area contributed by atoms with E-state index < -0.39 is 5.79 Å². The maximum Gasteiger partial charge on any atom is 0.259 e. The number of benzene rings is 4. The first-order valence-corrected chi connectivity index (χ1v) is 15.2. The maximum absolute atomic E-state index is 12.5. The molecule has 0 saturated carbocycles. The lowest BCUT2D eigenvalue weighted by atomic mass is 10.1. The number of rotatable bonds is 8. The van der Waals surface area contributed by atoms with Crippen molar-refractivity contribution in [2.75, 3.05) is 54.5 Å². The number of ether oxygens (including phenoxy) is 3. The number of amides is 1. The molecular weight excluding hydrogens is 601 g/mol. The molecule has 8 nitrogen and oxygen atoms in total. The van der Waals surface area contributed by atoms with E-state index in [1.165, 1.54) is 6.07 Å². The van der Waals surface area contributed by atoms with Crippen LogP contribution in [0.15, 0.2) is 91.0 Å². The zero-order valence-corrected chi connectivity index (χ0v) is 25.7. The molecular formula is C34H33Cl2N3O5. The zero-order chi connectivity index (χ0) is 30.7. The number of para-hydroxylation sites is 1. The van der Waals surface area contributed by atoms with Crippen LogP contribution < -0.4 is 19.9 Å². The van der Waals surface area contributed by atoms with Crippen molar-refractivity contribution in [2.24, 2.45) is 0 Å². The summed E-state index contributed by atoms with van der Waals surface area (Å²) in [4.78, 5) is 17.2. The van der Waals surface area contributed by atoms with Gasteiger partial charge in [-0.2, -0.15) is 0 Å². The topological polar surface area (TPSA) is 83.5 Å². The molecule has 4 aromatic carbocycles. The molecule has 0 unspecified atom stereocenters. The largest absolute Gasteiger partial charge is 0.507 e. The van der Waals surface area contributed by atoms with Gasteiger partial charge in [0.15, 0.2) is 5.79 Å². The van der Waals surface area contributed by atoms with Crippen LogP contribution in [0.5, 0.6) is 11.5 Å². The molecule has 2 N–H and O–H groups in total. The zero-order valence-electron chi connectivity index (χ0n) is 24.2. The van der Waals surface area contributed by atoms with Crippen molar-refractivity contribution in [1.29, 1.82) is 0 Å². The van der Waals surface area contributed by atoms with Crippen LogP contribution in [-0.2, 0) is 15.3 Å². The predicted octanol–water partition coefficient (Wildman–Crippen LogP) is 6.95. The molecule has 2 atom stereocenters. The van der Waals surface area contributed by atoms with Gasteiger partial charge >= 0.3 is 0 Å². The van der Waals surface area contributed by atoms with Gasteiger partial charge in [-0.25, -0.2) is 0 Å². The number of carbonyl (C=O) groups is 1. The van der Waals surface area contributed by atoms with E-state index in [4.69, 9.17) is 37.4 Å². The summed E-state index contributed by atoms with van der Waals surface area (Å²) < 4.78 is 18.2. The van der Waals surface area contributed by atoms with Gasteiger partial charge in [0.2, 0.25) is 0 Å². The number of hydrogen-bond acceptors (Lipinski definition) is 7. The highest BCUT2D eigenvalue weighted by atomic mass is 35.5. The number of hydrogen-bond donors (Lipinski definition) is 2. The summed E-state index contributed by atoms with van der Waals surface area (Å²) in [5, 5.41) is 13.8. The van der Waals surface area contributed by atoms with E-state index in [0.717, 1.165) is 48.9 Å². The molecule has 2 heterocycles. The van der Waals surface area contributed by atoms with E-state index in [0.29, 0.717) is 28.9 Å². The van der Waals surface area contributed by atoms with Crippen LogP contribution in [0.2, 0.25) is 10.0 Å². The quantitative estimate of drug-likeness (QED) is 0.217. The number of anilines is 3.